The van der Waals surface area contributed by atoms with Crippen LogP contribution < -0.4 is 4.74 Å². The molecule has 2 aromatic rings. The van der Waals surface area contributed by atoms with E-state index >= 15 is 0 Å². The number of hydrogen-bond acceptors (Lipinski definition) is 5. The lowest BCUT2D eigenvalue weighted by molar-refractivity contribution is 0.0638. The van der Waals surface area contributed by atoms with Gasteiger partial charge in [0.05, 0.1) is 18.8 Å². The Balaban J connectivity index is 1.24. The Kier molecular flexibility index (Phi) is 6.19. The van der Waals surface area contributed by atoms with Crippen molar-refractivity contribution in [2.75, 3.05) is 45.9 Å². The van der Waals surface area contributed by atoms with Gasteiger partial charge in [-0.15, -0.1) is 0 Å². The van der Waals surface area contributed by atoms with Gasteiger partial charge in [-0.05, 0) is 18.1 Å². The number of carbonyl (C=O) groups is 1. The van der Waals surface area contributed by atoms with Crippen LogP contribution in [0.5, 0.6) is 5.88 Å². The van der Waals surface area contributed by atoms with Crippen LogP contribution in [0.2, 0.25) is 0 Å². The third-order valence-electron chi connectivity index (χ3n) is 5.38. The van der Waals surface area contributed by atoms with Crippen LogP contribution in [0.3, 0.4) is 0 Å². The maximum Gasteiger partial charge on any atom is 0.255 e. The predicted octanol–water partition coefficient (Wildman–Crippen LogP) is 2.25. The van der Waals surface area contributed by atoms with Gasteiger partial charge < -0.3 is 14.4 Å². The van der Waals surface area contributed by atoms with Crippen LogP contribution in [-0.2, 0) is 11.2 Å². The summed E-state index contributed by atoms with van der Waals surface area (Å²) < 4.78 is 11.1. The zero-order chi connectivity index (χ0) is 19.2. The van der Waals surface area contributed by atoms with Gasteiger partial charge >= 0.3 is 0 Å². The van der Waals surface area contributed by atoms with Crippen molar-refractivity contribution in [3.05, 3.63) is 59.8 Å². The molecule has 0 saturated carbocycles. The van der Waals surface area contributed by atoms with Crippen LogP contribution in [0.4, 0.5) is 0 Å². The number of nitrogens with zero attached hydrogens (tertiary/aromatic N) is 3. The summed E-state index contributed by atoms with van der Waals surface area (Å²) in [5, 5.41) is 0. The molecule has 6 heteroatoms. The lowest BCUT2D eigenvalue weighted by Gasteiger charge is -2.34. The average molecular weight is 381 g/mol. The lowest BCUT2D eigenvalue weighted by atomic mass is 10.1. The van der Waals surface area contributed by atoms with Gasteiger partial charge in [0, 0.05) is 51.4 Å². The molecule has 28 heavy (non-hydrogen) atoms. The summed E-state index contributed by atoms with van der Waals surface area (Å²) in [4.78, 5) is 21.4. The van der Waals surface area contributed by atoms with Crippen molar-refractivity contribution in [3.63, 3.8) is 0 Å². The molecule has 1 unspecified atom stereocenters. The highest BCUT2D eigenvalue weighted by Crippen LogP contribution is 2.16. The van der Waals surface area contributed by atoms with E-state index in [9.17, 15) is 4.79 Å². The SMILES string of the molecule is O=C(c1ccc(OC2CCOC2)nc1)N1CCN(CCc2ccccc2)CC1. The molecule has 2 aliphatic heterocycles. The molecule has 0 spiro atoms. The van der Waals surface area contributed by atoms with Crippen molar-refractivity contribution < 1.29 is 14.3 Å². The number of rotatable bonds is 6. The van der Waals surface area contributed by atoms with E-state index in [0.29, 0.717) is 18.1 Å². The van der Waals surface area contributed by atoms with E-state index in [1.807, 2.05) is 17.0 Å². The molecule has 0 radical (unpaired) electrons. The monoisotopic (exact) mass is 381 g/mol. The zero-order valence-electron chi connectivity index (χ0n) is 16.1. The normalized spacial score (nSPS) is 20.3. The maximum atomic E-state index is 12.7. The Morgan fingerprint density at radius 3 is 2.61 bits per heavy atom. The molecule has 1 atom stereocenters. The van der Waals surface area contributed by atoms with Crippen LogP contribution in [0.1, 0.15) is 22.3 Å². The Bertz CT molecular complexity index is 752. The van der Waals surface area contributed by atoms with Gasteiger partial charge in [0.25, 0.3) is 5.91 Å². The van der Waals surface area contributed by atoms with Crippen LogP contribution in [0, 0.1) is 0 Å². The van der Waals surface area contributed by atoms with Crippen LogP contribution >= 0.6 is 0 Å². The first-order chi connectivity index (χ1) is 13.8. The molecular formula is C22H27N3O3. The van der Waals surface area contributed by atoms with E-state index in [4.69, 9.17) is 9.47 Å². The first-order valence-corrected chi connectivity index (χ1v) is 10.0. The molecule has 6 nitrogen and oxygen atoms in total. The molecule has 2 fully saturated rings. The Morgan fingerprint density at radius 1 is 1.11 bits per heavy atom. The molecule has 0 bridgehead atoms. The van der Waals surface area contributed by atoms with E-state index < -0.39 is 0 Å². The number of pyridine rings is 1. The zero-order valence-corrected chi connectivity index (χ0v) is 16.1. The summed E-state index contributed by atoms with van der Waals surface area (Å²) in [5.41, 5.74) is 1.98. The van der Waals surface area contributed by atoms with Crippen molar-refractivity contribution in [2.45, 2.75) is 18.9 Å². The van der Waals surface area contributed by atoms with Crippen molar-refractivity contribution in [1.82, 2.24) is 14.8 Å². The molecule has 148 valence electrons. The summed E-state index contributed by atoms with van der Waals surface area (Å²) >= 11 is 0. The fourth-order valence-corrected chi connectivity index (χ4v) is 3.64. The van der Waals surface area contributed by atoms with Crippen molar-refractivity contribution in [3.8, 4) is 5.88 Å². The lowest BCUT2D eigenvalue weighted by Crippen LogP contribution is -2.49. The molecule has 2 saturated heterocycles. The second-order valence-electron chi connectivity index (χ2n) is 7.36. The molecule has 0 N–H and O–H groups in total. The standard InChI is InChI=1S/C22H27N3O3/c26-22(19-6-7-21(23-16-19)28-20-9-15-27-17-20)25-13-11-24(12-14-25)10-8-18-4-2-1-3-5-18/h1-7,16,20H,8-15,17H2. The number of benzene rings is 1. The summed E-state index contributed by atoms with van der Waals surface area (Å²) in [6.07, 6.45) is 3.62. The highest BCUT2D eigenvalue weighted by molar-refractivity contribution is 5.94. The summed E-state index contributed by atoms with van der Waals surface area (Å²) in [7, 11) is 0. The van der Waals surface area contributed by atoms with E-state index in [1.165, 1.54) is 5.56 Å². The van der Waals surface area contributed by atoms with Gasteiger partial charge in [-0.2, -0.15) is 0 Å². The second kappa shape index (κ2) is 9.17. The van der Waals surface area contributed by atoms with Gasteiger partial charge in [0.15, 0.2) is 0 Å². The van der Waals surface area contributed by atoms with E-state index in [1.54, 1.807) is 12.3 Å². The molecule has 2 aliphatic rings. The fraction of sp³-hybridized carbons (Fsp3) is 0.455. The van der Waals surface area contributed by atoms with Gasteiger partial charge in [0.1, 0.15) is 6.10 Å². The number of carbonyl (C=O) groups excluding carboxylic acids is 1. The Morgan fingerprint density at radius 2 is 1.93 bits per heavy atom. The quantitative estimate of drug-likeness (QED) is 0.768. The number of ether oxygens (including phenoxy) is 2. The highest BCUT2D eigenvalue weighted by atomic mass is 16.5. The van der Waals surface area contributed by atoms with Gasteiger partial charge in [-0.1, -0.05) is 30.3 Å². The minimum atomic E-state index is 0.0472. The Hall–Kier alpha value is -2.44. The van der Waals surface area contributed by atoms with Gasteiger partial charge in [0.2, 0.25) is 5.88 Å². The molecular weight excluding hydrogens is 354 g/mol. The highest BCUT2D eigenvalue weighted by Gasteiger charge is 2.23. The topological polar surface area (TPSA) is 54.9 Å². The Labute approximate surface area is 166 Å². The largest absolute Gasteiger partial charge is 0.472 e. The predicted molar refractivity (Wildman–Crippen MR) is 107 cm³/mol. The van der Waals surface area contributed by atoms with Gasteiger partial charge in [-0.25, -0.2) is 4.98 Å². The number of piperazine rings is 1. The summed E-state index contributed by atoms with van der Waals surface area (Å²) in [5.74, 6) is 0.601. The van der Waals surface area contributed by atoms with Crippen molar-refractivity contribution in [1.29, 1.82) is 0 Å². The molecule has 1 aromatic heterocycles. The number of aromatic nitrogens is 1. The number of hydrogen-bond donors (Lipinski definition) is 0. The second-order valence-corrected chi connectivity index (χ2v) is 7.36. The first-order valence-electron chi connectivity index (χ1n) is 10.0. The third-order valence-corrected chi connectivity index (χ3v) is 5.38. The van der Waals surface area contributed by atoms with Crippen molar-refractivity contribution >= 4 is 5.91 Å². The molecule has 0 aliphatic carbocycles. The minimum absolute atomic E-state index is 0.0472. The maximum absolute atomic E-state index is 12.7. The van der Waals surface area contributed by atoms with E-state index in [-0.39, 0.29) is 12.0 Å². The van der Waals surface area contributed by atoms with Crippen LogP contribution in [0.15, 0.2) is 48.7 Å². The molecule has 4 rings (SSSR count). The minimum Gasteiger partial charge on any atom is -0.472 e. The first kappa shape index (κ1) is 18.9. The molecule has 1 aromatic carbocycles. The summed E-state index contributed by atoms with van der Waals surface area (Å²) in [6, 6.07) is 14.1. The van der Waals surface area contributed by atoms with Crippen molar-refractivity contribution in [2.24, 2.45) is 0 Å². The van der Waals surface area contributed by atoms with E-state index in [0.717, 1.165) is 52.2 Å². The third kappa shape index (κ3) is 4.88. The molecule has 1 amide bonds. The number of amides is 1. The average Bonchev–Trinajstić information content (AvgIpc) is 3.26. The smallest absolute Gasteiger partial charge is 0.255 e. The summed E-state index contributed by atoms with van der Waals surface area (Å²) in [6.45, 7) is 5.71. The van der Waals surface area contributed by atoms with Gasteiger partial charge in [-0.3, -0.25) is 9.69 Å². The van der Waals surface area contributed by atoms with E-state index in [2.05, 4.69) is 34.1 Å². The van der Waals surface area contributed by atoms with Crippen LogP contribution in [-0.4, -0.2) is 72.7 Å². The fourth-order valence-electron chi connectivity index (χ4n) is 3.64. The molecule has 3 heterocycles. The van der Waals surface area contributed by atoms with Crippen LogP contribution in [0.25, 0.3) is 0 Å².